The zero-order valence-electron chi connectivity index (χ0n) is 16.5. The lowest BCUT2D eigenvalue weighted by atomic mass is 9.83. The van der Waals surface area contributed by atoms with Gasteiger partial charge in [0.1, 0.15) is 0 Å². The van der Waals surface area contributed by atoms with Crippen LogP contribution in [0.3, 0.4) is 0 Å². The monoisotopic (exact) mass is 401 g/mol. The van der Waals surface area contributed by atoms with E-state index in [9.17, 15) is 9.59 Å². The summed E-state index contributed by atoms with van der Waals surface area (Å²) in [5.74, 6) is 0.508. The number of rotatable bonds is 3. The van der Waals surface area contributed by atoms with Gasteiger partial charge in [-0.2, -0.15) is 0 Å². The van der Waals surface area contributed by atoms with Crippen LogP contribution in [0.1, 0.15) is 28.4 Å². The maximum absolute atomic E-state index is 12.5. The Morgan fingerprint density at radius 3 is 2.70 bits per heavy atom. The molecule has 5 rings (SSSR count). The summed E-state index contributed by atoms with van der Waals surface area (Å²) in [7, 11) is 0. The highest BCUT2D eigenvalue weighted by atomic mass is 16.1. The van der Waals surface area contributed by atoms with E-state index in [0.717, 1.165) is 37.4 Å². The van der Waals surface area contributed by atoms with Crippen LogP contribution in [0.5, 0.6) is 0 Å². The molecule has 0 spiro atoms. The molecule has 7 heteroatoms. The first-order chi connectivity index (χ1) is 14.6. The average molecular weight is 401 g/mol. The number of hydrogen-bond acceptors (Lipinski definition) is 5. The van der Waals surface area contributed by atoms with Crippen LogP contribution in [-0.2, 0) is 6.54 Å². The summed E-state index contributed by atoms with van der Waals surface area (Å²) in [5, 5.41) is 2.85. The van der Waals surface area contributed by atoms with Gasteiger partial charge in [-0.15, -0.1) is 0 Å². The molecule has 0 saturated carbocycles. The Bertz CT molecular complexity index is 1160. The van der Waals surface area contributed by atoms with E-state index in [1.807, 2.05) is 22.8 Å². The molecule has 3 aromatic rings. The third-order valence-electron chi connectivity index (χ3n) is 6.05. The number of aromatic nitrogens is 2. The molecule has 1 aromatic carbocycles. The smallest absolute Gasteiger partial charge is 0.255 e. The van der Waals surface area contributed by atoms with Gasteiger partial charge in [-0.05, 0) is 48.7 Å². The Hall–Kier alpha value is -3.61. The number of amides is 1. The number of piperidine rings is 1. The minimum Gasteiger partial charge on any atom is -0.397 e. The molecule has 152 valence electrons. The first-order valence-corrected chi connectivity index (χ1v) is 10.1. The minimum atomic E-state index is -0.205. The quantitative estimate of drug-likeness (QED) is 0.658. The van der Waals surface area contributed by atoms with Crippen molar-refractivity contribution in [2.45, 2.75) is 18.9 Å². The molecular weight excluding hydrogens is 378 g/mol. The van der Waals surface area contributed by atoms with E-state index in [1.165, 1.54) is 0 Å². The molecule has 0 aliphatic carbocycles. The Kier molecular flexibility index (Phi) is 4.50. The number of anilines is 3. The number of nitrogens with zero attached hydrogens (tertiary/aromatic N) is 3. The van der Waals surface area contributed by atoms with Crippen molar-refractivity contribution in [2.75, 3.05) is 29.0 Å². The first kappa shape index (κ1) is 18.4. The number of pyridine rings is 2. The molecule has 0 radical (unpaired) electrons. The van der Waals surface area contributed by atoms with Crippen molar-refractivity contribution in [3.8, 4) is 0 Å². The summed E-state index contributed by atoms with van der Waals surface area (Å²) < 4.78 is 1.92. The van der Waals surface area contributed by atoms with Gasteiger partial charge in [-0.1, -0.05) is 6.07 Å². The maximum Gasteiger partial charge on any atom is 0.255 e. The second-order valence-corrected chi connectivity index (χ2v) is 8.07. The van der Waals surface area contributed by atoms with Crippen LogP contribution in [0.25, 0.3) is 0 Å². The Morgan fingerprint density at radius 1 is 1.07 bits per heavy atom. The van der Waals surface area contributed by atoms with E-state index in [0.29, 0.717) is 28.8 Å². The van der Waals surface area contributed by atoms with Gasteiger partial charge in [0.25, 0.3) is 11.5 Å². The minimum absolute atomic E-state index is 0.0831. The lowest BCUT2D eigenvalue weighted by Gasteiger charge is -2.44. The van der Waals surface area contributed by atoms with Crippen LogP contribution in [0, 0.1) is 5.92 Å². The van der Waals surface area contributed by atoms with Gasteiger partial charge in [-0.3, -0.25) is 14.6 Å². The molecule has 2 atom stereocenters. The summed E-state index contributed by atoms with van der Waals surface area (Å²) in [6.45, 7) is 2.41. The summed E-state index contributed by atoms with van der Waals surface area (Å²) in [4.78, 5) is 31.0. The molecule has 3 N–H and O–H groups in total. The van der Waals surface area contributed by atoms with E-state index in [-0.39, 0.29) is 11.5 Å². The van der Waals surface area contributed by atoms with Crippen LogP contribution in [0.15, 0.2) is 65.7 Å². The number of nitrogens with two attached hydrogens (primary N) is 1. The molecule has 2 bridgehead atoms. The van der Waals surface area contributed by atoms with Gasteiger partial charge in [0.15, 0.2) is 0 Å². The van der Waals surface area contributed by atoms with Gasteiger partial charge in [0.05, 0.1) is 11.4 Å². The SMILES string of the molecule is Nc1cc(C(=O)Nc2ccncc2)ccc1N1CC2CC(C1)c1cccc(=O)n1C2. The first-order valence-electron chi connectivity index (χ1n) is 10.1. The summed E-state index contributed by atoms with van der Waals surface area (Å²) >= 11 is 0. The maximum atomic E-state index is 12.5. The molecule has 1 fully saturated rings. The highest BCUT2D eigenvalue weighted by molar-refractivity contribution is 6.05. The van der Waals surface area contributed by atoms with E-state index < -0.39 is 0 Å². The molecule has 1 saturated heterocycles. The molecule has 7 nitrogen and oxygen atoms in total. The fourth-order valence-electron chi connectivity index (χ4n) is 4.72. The molecule has 2 unspecified atom stereocenters. The van der Waals surface area contributed by atoms with Gasteiger partial charge in [0.2, 0.25) is 0 Å². The predicted octanol–water partition coefficient (Wildman–Crippen LogP) is 2.70. The molecular formula is C23H23N5O2. The molecule has 1 amide bonds. The zero-order chi connectivity index (χ0) is 20.7. The van der Waals surface area contributed by atoms with E-state index in [1.54, 1.807) is 36.7 Å². The van der Waals surface area contributed by atoms with E-state index >= 15 is 0 Å². The highest BCUT2D eigenvalue weighted by Crippen LogP contribution is 2.38. The van der Waals surface area contributed by atoms with Gasteiger partial charge in [0, 0.05) is 61.0 Å². The van der Waals surface area contributed by atoms with Crippen LogP contribution in [0.2, 0.25) is 0 Å². The van der Waals surface area contributed by atoms with Crippen molar-refractivity contribution in [3.63, 3.8) is 0 Å². The zero-order valence-corrected chi connectivity index (χ0v) is 16.5. The number of nitrogen functional groups attached to an aromatic ring is 1. The number of fused-ring (bicyclic) bond motifs is 4. The van der Waals surface area contributed by atoms with Crippen LogP contribution in [0.4, 0.5) is 17.1 Å². The molecule has 2 aromatic heterocycles. The Balaban J connectivity index is 1.37. The third kappa shape index (κ3) is 3.32. The lowest BCUT2D eigenvalue weighted by molar-refractivity contribution is 0.102. The largest absolute Gasteiger partial charge is 0.397 e. The van der Waals surface area contributed by atoms with Crippen molar-refractivity contribution in [2.24, 2.45) is 5.92 Å². The number of carbonyl (C=O) groups excluding carboxylic acids is 1. The second-order valence-electron chi connectivity index (χ2n) is 8.07. The fourth-order valence-corrected chi connectivity index (χ4v) is 4.72. The molecule has 2 aliphatic heterocycles. The van der Waals surface area contributed by atoms with Crippen molar-refractivity contribution in [1.29, 1.82) is 0 Å². The van der Waals surface area contributed by atoms with Gasteiger partial charge < -0.3 is 20.5 Å². The fraction of sp³-hybridized carbons (Fsp3) is 0.261. The normalized spacial score (nSPS) is 19.8. The number of benzene rings is 1. The van der Waals surface area contributed by atoms with Crippen LogP contribution in [-0.4, -0.2) is 28.5 Å². The summed E-state index contributed by atoms with van der Waals surface area (Å²) in [6.07, 6.45) is 4.35. The van der Waals surface area contributed by atoms with Crippen molar-refractivity contribution >= 4 is 23.0 Å². The van der Waals surface area contributed by atoms with Crippen molar-refractivity contribution < 1.29 is 4.79 Å². The van der Waals surface area contributed by atoms with Crippen LogP contribution < -0.4 is 21.5 Å². The van der Waals surface area contributed by atoms with E-state index in [4.69, 9.17) is 5.73 Å². The van der Waals surface area contributed by atoms with Crippen molar-refractivity contribution in [3.05, 3.63) is 82.5 Å². The Labute approximate surface area is 174 Å². The highest BCUT2D eigenvalue weighted by Gasteiger charge is 2.35. The van der Waals surface area contributed by atoms with E-state index in [2.05, 4.69) is 21.3 Å². The number of hydrogen-bond donors (Lipinski definition) is 2. The second kappa shape index (κ2) is 7.33. The average Bonchev–Trinajstić information content (AvgIpc) is 2.75. The predicted molar refractivity (Wildman–Crippen MR) is 117 cm³/mol. The van der Waals surface area contributed by atoms with Gasteiger partial charge >= 0.3 is 0 Å². The van der Waals surface area contributed by atoms with Gasteiger partial charge in [-0.25, -0.2) is 0 Å². The standard InChI is InChI=1S/C23H23N5O2/c24-19-11-16(23(30)26-18-6-8-25-9-7-18)4-5-21(19)27-12-15-10-17(14-27)20-2-1-3-22(29)28(20)13-15/h1-9,11,15,17H,10,12-14,24H2,(H,25,26,30). The molecule has 30 heavy (non-hydrogen) atoms. The Morgan fingerprint density at radius 2 is 1.90 bits per heavy atom. The topological polar surface area (TPSA) is 93.2 Å². The van der Waals surface area contributed by atoms with Crippen LogP contribution >= 0.6 is 0 Å². The molecule has 4 heterocycles. The third-order valence-corrected chi connectivity index (χ3v) is 6.05. The summed E-state index contributed by atoms with van der Waals surface area (Å²) in [6, 6.07) is 14.5. The summed E-state index contributed by atoms with van der Waals surface area (Å²) in [5.41, 5.74) is 10.3. The number of carbonyl (C=O) groups is 1. The molecule has 2 aliphatic rings. The number of nitrogens with one attached hydrogen (secondary N) is 1. The lowest BCUT2D eigenvalue weighted by Crippen LogP contribution is -2.47. The van der Waals surface area contributed by atoms with Crippen molar-refractivity contribution in [1.82, 2.24) is 9.55 Å².